The maximum atomic E-state index is 12.3. The lowest BCUT2D eigenvalue weighted by Gasteiger charge is -2.31. The minimum Gasteiger partial charge on any atom is -0.323 e. The van der Waals surface area contributed by atoms with Crippen LogP contribution in [0.25, 0.3) is 0 Å². The van der Waals surface area contributed by atoms with Gasteiger partial charge in [-0.1, -0.05) is 0 Å². The number of hydrogen-bond acceptors (Lipinski definition) is 7. The largest absolute Gasteiger partial charge is 0.323 e. The number of nitrogens with two attached hydrogens (primary N) is 3. The van der Waals surface area contributed by atoms with Gasteiger partial charge in [0.25, 0.3) is 0 Å². The highest BCUT2D eigenvalue weighted by Gasteiger charge is 2.52. The van der Waals surface area contributed by atoms with Crippen molar-refractivity contribution in [2.45, 2.75) is 32.1 Å². The van der Waals surface area contributed by atoms with Crippen molar-refractivity contribution in [2.24, 2.45) is 38.2 Å². The third-order valence-corrected chi connectivity index (χ3v) is 3.76. The smallest absolute Gasteiger partial charge is 0.191 e. The zero-order valence-corrected chi connectivity index (χ0v) is 9.52. The van der Waals surface area contributed by atoms with E-state index in [4.69, 9.17) is 17.5 Å². The van der Waals surface area contributed by atoms with Gasteiger partial charge in [-0.05, 0) is 25.7 Å². The normalized spacial score (nSPS) is 33.9. The van der Waals surface area contributed by atoms with E-state index in [-0.39, 0.29) is 5.78 Å². The Balaban J connectivity index is 2.33. The molecule has 0 heterocycles. The Kier molecular flexibility index (Phi) is 2.83. The molecule has 7 nitrogen and oxygen atoms in total. The second kappa shape index (κ2) is 4.15. The topological polar surface area (TPSA) is 132 Å². The molecule has 6 N–H and O–H groups in total. The SMILES string of the molecule is NN=C1CCC2(CC1)C(=O)C(=NN)CC2=NN. The van der Waals surface area contributed by atoms with Crippen molar-refractivity contribution in [1.29, 1.82) is 0 Å². The summed E-state index contributed by atoms with van der Waals surface area (Å²) in [7, 11) is 0. The number of hydrogen-bond donors (Lipinski definition) is 3. The van der Waals surface area contributed by atoms with Gasteiger partial charge in [0, 0.05) is 12.1 Å². The average Bonchev–Trinajstić information content (AvgIpc) is 2.64. The van der Waals surface area contributed by atoms with Crippen LogP contribution >= 0.6 is 0 Å². The number of carbonyl (C=O) groups excluding carboxylic acids is 1. The lowest BCUT2D eigenvalue weighted by Crippen LogP contribution is -2.39. The fraction of sp³-hybridized carbons (Fsp3) is 0.600. The number of ketones is 1. The first-order chi connectivity index (χ1) is 8.17. The van der Waals surface area contributed by atoms with Gasteiger partial charge in [0.1, 0.15) is 5.71 Å². The second-order valence-corrected chi connectivity index (χ2v) is 4.43. The first-order valence-electron chi connectivity index (χ1n) is 5.52. The van der Waals surface area contributed by atoms with E-state index in [1.807, 2.05) is 0 Å². The van der Waals surface area contributed by atoms with Gasteiger partial charge < -0.3 is 17.5 Å². The molecule has 7 heteroatoms. The molecular formula is C10H16N6O. The molecule has 0 aliphatic heterocycles. The summed E-state index contributed by atoms with van der Waals surface area (Å²) < 4.78 is 0. The molecular weight excluding hydrogens is 220 g/mol. The lowest BCUT2D eigenvalue weighted by atomic mass is 9.70. The fourth-order valence-electron chi connectivity index (χ4n) is 2.70. The zero-order chi connectivity index (χ0) is 12.5. The van der Waals surface area contributed by atoms with Gasteiger partial charge in [-0.3, -0.25) is 4.79 Å². The number of hydrazone groups is 3. The Morgan fingerprint density at radius 3 is 2.12 bits per heavy atom. The first-order valence-corrected chi connectivity index (χ1v) is 5.52. The molecule has 2 fully saturated rings. The van der Waals surface area contributed by atoms with Crippen LogP contribution in [0.15, 0.2) is 15.3 Å². The van der Waals surface area contributed by atoms with E-state index in [9.17, 15) is 4.79 Å². The Morgan fingerprint density at radius 2 is 1.65 bits per heavy atom. The molecule has 0 unspecified atom stereocenters. The summed E-state index contributed by atoms with van der Waals surface area (Å²) in [4.78, 5) is 12.3. The minimum absolute atomic E-state index is 0.0414. The number of rotatable bonds is 0. The summed E-state index contributed by atoms with van der Waals surface area (Å²) in [5, 5.41) is 11.0. The van der Waals surface area contributed by atoms with Crippen LogP contribution in [0.1, 0.15) is 32.1 Å². The second-order valence-electron chi connectivity index (χ2n) is 4.43. The summed E-state index contributed by atoms with van der Waals surface area (Å²) in [6.45, 7) is 0. The van der Waals surface area contributed by atoms with Gasteiger partial charge in [-0.15, -0.1) is 0 Å². The molecule has 1 spiro atoms. The molecule has 0 radical (unpaired) electrons. The summed E-state index contributed by atoms with van der Waals surface area (Å²) in [5.74, 6) is 15.8. The fourth-order valence-corrected chi connectivity index (χ4v) is 2.70. The van der Waals surface area contributed by atoms with Gasteiger partial charge in [-0.2, -0.15) is 15.3 Å². The molecule has 2 aliphatic rings. The van der Waals surface area contributed by atoms with Crippen LogP contribution in [0.2, 0.25) is 0 Å². The average molecular weight is 236 g/mol. The van der Waals surface area contributed by atoms with Crippen LogP contribution in [0.5, 0.6) is 0 Å². The Bertz CT molecular complexity index is 422. The molecule has 2 saturated carbocycles. The van der Waals surface area contributed by atoms with E-state index in [1.165, 1.54) is 0 Å². The Hall–Kier alpha value is -1.92. The maximum Gasteiger partial charge on any atom is 0.191 e. The van der Waals surface area contributed by atoms with Gasteiger partial charge in [-0.25, -0.2) is 0 Å². The predicted molar refractivity (Wildman–Crippen MR) is 65.4 cm³/mol. The molecule has 0 aromatic heterocycles. The molecule has 0 saturated heterocycles. The molecule has 0 aromatic rings. The third kappa shape index (κ3) is 1.58. The van der Waals surface area contributed by atoms with E-state index >= 15 is 0 Å². The summed E-state index contributed by atoms with van der Waals surface area (Å²) in [6, 6.07) is 0. The molecule has 0 aromatic carbocycles. The van der Waals surface area contributed by atoms with Crippen molar-refractivity contribution in [3.05, 3.63) is 0 Å². The van der Waals surface area contributed by atoms with Crippen molar-refractivity contribution in [1.82, 2.24) is 0 Å². The highest BCUT2D eigenvalue weighted by molar-refractivity contribution is 6.54. The van der Waals surface area contributed by atoms with Crippen LogP contribution < -0.4 is 17.5 Å². The van der Waals surface area contributed by atoms with Crippen LogP contribution in [0, 0.1) is 5.41 Å². The summed E-state index contributed by atoms with van der Waals surface area (Å²) >= 11 is 0. The molecule has 0 amide bonds. The molecule has 0 atom stereocenters. The first kappa shape index (κ1) is 11.6. The van der Waals surface area contributed by atoms with Crippen LogP contribution in [0.4, 0.5) is 0 Å². The minimum atomic E-state index is -0.610. The standard InChI is InChI=1S/C10H16N6O/c11-14-6-1-3-10(4-2-6)8(16-13)5-7(15-12)9(10)17/h1-5,11-13H2. The van der Waals surface area contributed by atoms with Crippen molar-refractivity contribution < 1.29 is 4.79 Å². The van der Waals surface area contributed by atoms with Crippen molar-refractivity contribution in [3.63, 3.8) is 0 Å². The van der Waals surface area contributed by atoms with Gasteiger partial charge in [0.2, 0.25) is 0 Å². The zero-order valence-electron chi connectivity index (χ0n) is 9.52. The Labute approximate surface area is 98.8 Å². The lowest BCUT2D eigenvalue weighted by molar-refractivity contribution is -0.118. The number of carbonyl (C=O) groups is 1. The van der Waals surface area contributed by atoms with E-state index in [0.717, 1.165) is 5.71 Å². The predicted octanol–water partition coefficient (Wildman–Crippen LogP) is -0.536. The Morgan fingerprint density at radius 1 is 1.00 bits per heavy atom. The van der Waals surface area contributed by atoms with Crippen molar-refractivity contribution in [2.75, 3.05) is 0 Å². The molecule has 0 bridgehead atoms. The van der Waals surface area contributed by atoms with Crippen LogP contribution in [-0.4, -0.2) is 22.9 Å². The van der Waals surface area contributed by atoms with Crippen molar-refractivity contribution >= 4 is 22.9 Å². The summed E-state index contributed by atoms with van der Waals surface area (Å²) in [6.07, 6.45) is 3.02. The monoisotopic (exact) mass is 236 g/mol. The molecule has 2 aliphatic carbocycles. The molecule has 17 heavy (non-hydrogen) atoms. The number of nitrogens with zero attached hydrogens (tertiary/aromatic N) is 3. The van der Waals surface area contributed by atoms with Crippen LogP contribution in [0.3, 0.4) is 0 Å². The van der Waals surface area contributed by atoms with E-state index in [1.54, 1.807) is 0 Å². The van der Waals surface area contributed by atoms with Crippen molar-refractivity contribution in [3.8, 4) is 0 Å². The highest BCUT2D eigenvalue weighted by Crippen LogP contribution is 2.43. The maximum absolute atomic E-state index is 12.3. The molecule has 2 rings (SSSR count). The highest BCUT2D eigenvalue weighted by atomic mass is 16.1. The number of Topliss-reactive ketones (excluding diaryl/α,β-unsaturated/α-hetero) is 1. The van der Waals surface area contributed by atoms with E-state index < -0.39 is 5.41 Å². The van der Waals surface area contributed by atoms with Gasteiger partial charge in [0.05, 0.1) is 11.1 Å². The van der Waals surface area contributed by atoms with Gasteiger partial charge in [0.15, 0.2) is 5.78 Å². The van der Waals surface area contributed by atoms with Crippen LogP contribution in [-0.2, 0) is 4.79 Å². The van der Waals surface area contributed by atoms with E-state index in [2.05, 4.69) is 15.3 Å². The summed E-state index contributed by atoms with van der Waals surface area (Å²) in [5.41, 5.74) is 1.37. The quantitative estimate of drug-likeness (QED) is 0.385. The van der Waals surface area contributed by atoms with E-state index in [0.29, 0.717) is 43.5 Å². The third-order valence-electron chi connectivity index (χ3n) is 3.76. The molecule has 92 valence electrons. The van der Waals surface area contributed by atoms with Gasteiger partial charge >= 0.3 is 0 Å².